The van der Waals surface area contributed by atoms with E-state index in [0.29, 0.717) is 11.5 Å². The van der Waals surface area contributed by atoms with Gasteiger partial charge in [-0.05, 0) is 35.7 Å². The second-order valence-corrected chi connectivity index (χ2v) is 6.83. The molecule has 0 aliphatic rings. The smallest absolute Gasteiger partial charge is 0.339 e. The zero-order valence-corrected chi connectivity index (χ0v) is 14.4. The van der Waals surface area contributed by atoms with Crippen LogP contribution in [0.15, 0.2) is 47.4 Å². The summed E-state index contributed by atoms with van der Waals surface area (Å²) in [5, 5.41) is 0. The Balaban J connectivity index is 2.34. The summed E-state index contributed by atoms with van der Waals surface area (Å²) in [7, 11) is -1.02. The summed E-state index contributed by atoms with van der Waals surface area (Å²) in [5.74, 6) is 1.34. The van der Waals surface area contributed by atoms with E-state index in [2.05, 4.69) is 0 Å². The van der Waals surface area contributed by atoms with Crippen molar-refractivity contribution < 1.29 is 22.1 Å². The minimum absolute atomic E-state index is 0.00472. The molecule has 0 atom stereocenters. The average Bonchev–Trinajstić information content (AvgIpc) is 2.53. The van der Waals surface area contributed by atoms with Gasteiger partial charge in [0.25, 0.3) is 0 Å². The van der Waals surface area contributed by atoms with Gasteiger partial charge >= 0.3 is 10.1 Å². The number of hydrogen-bond donors (Lipinski definition) is 0. The fourth-order valence-corrected chi connectivity index (χ4v) is 3.01. The van der Waals surface area contributed by atoms with E-state index in [0.717, 1.165) is 5.56 Å². The molecule has 0 N–H and O–H groups in total. The summed E-state index contributed by atoms with van der Waals surface area (Å²) < 4.78 is 40.3. The highest BCUT2D eigenvalue weighted by Crippen LogP contribution is 2.31. The molecule has 0 unspecified atom stereocenters. The molecule has 0 spiro atoms. The molecule has 5 nitrogen and oxygen atoms in total. The summed E-state index contributed by atoms with van der Waals surface area (Å²) in [6.45, 7) is 4.06. The van der Waals surface area contributed by atoms with E-state index in [-0.39, 0.29) is 16.6 Å². The van der Waals surface area contributed by atoms with Crippen LogP contribution >= 0.6 is 0 Å². The third kappa shape index (κ3) is 3.96. The Morgan fingerprint density at radius 1 is 0.913 bits per heavy atom. The molecule has 0 radical (unpaired) electrons. The highest BCUT2D eigenvalue weighted by molar-refractivity contribution is 7.87. The van der Waals surface area contributed by atoms with Crippen molar-refractivity contribution in [2.75, 3.05) is 14.2 Å². The van der Waals surface area contributed by atoms with Crippen LogP contribution in [-0.2, 0) is 10.1 Å². The molecular formula is C17H20O5S. The minimum Gasteiger partial charge on any atom is -0.493 e. The minimum atomic E-state index is -3.95. The molecule has 23 heavy (non-hydrogen) atoms. The molecule has 0 saturated heterocycles. The van der Waals surface area contributed by atoms with Gasteiger partial charge in [-0.25, -0.2) is 0 Å². The lowest BCUT2D eigenvalue weighted by molar-refractivity contribution is 0.353. The van der Waals surface area contributed by atoms with Crippen molar-refractivity contribution in [2.24, 2.45) is 0 Å². The van der Waals surface area contributed by atoms with Crippen LogP contribution in [0, 0.1) is 0 Å². The van der Waals surface area contributed by atoms with E-state index >= 15 is 0 Å². The number of ether oxygens (including phenoxy) is 2. The van der Waals surface area contributed by atoms with Gasteiger partial charge in [0.1, 0.15) is 10.6 Å². The van der Waals surface area contributed by atoms with Gasteiger partial charge in [-0.1, -0.05) is 26.0 Å². The summed E-state index contributed by atoms with van der Waals surface area (Å²) in [4.78, 5) is 0.00472. The zero-order valence-electron chi connectivity index (χ0n) is 13.6. The lowest BCUT2D eigenvalue weighted by Crippen LogP contribution is -2.10. The molecule has 6 heteroatoms. The van der Waals surface area contributed by atoms with Crippen molar-refractivity contribution >= 4 is 10.1 Å². The molecule has 0 saturated carbocycles. The van der Waals surface area contributed by atoms with Gasteiger partial charge in [-0.15, -0.1) is 0 Å². The normalized spacial score (nSPS) is 11.3. The fourth-order valence-electron chi connectivity index (χ4n) is 2.07. The van der Waals surface area contributed by atoms with Crippen LogP contribution in [-0.4, -0.2) is 22.6 Å². The SMILES string of the molecule is COc1ccc(S(=O)(=O)Oc2cccc(C(C)C)c2)cc1OC. The number of methoxy groups -OCH3 is 2. The Kier molecular flexibility index (Phi) is 5.15. The molecule has 2 aromatic rings. The molecule has 0 fully saturated rings. The molecule has 2 aromatic carbocycles. The molecule has 0 bridgehead atoms. The predicted molar refractivity (Wildman–Crippen MR) is 87.9 cm³/mol. The van der Waals surface area contributed by atoms with Crippen LogP contribution in [0.3, 0.4) is 0 Å². The summed E-state index contributed by atoms with van der Waals surface area (Å²) in [6.07, 6.45) is 0. The third-order valence-corrected chi connectivity index (χ3v) is 4.62. The maximum Gasteiger partial charge on any atom is 0.339 e. The first-order chi connectivity index (χ1) is 10.9. The number of rotatable bonds is 6. The Bertz CT molecular complexity index is 781. The number of hydrogen-bond acceptors (Lipinski definition) is 5. The van der Waals surface area contributed by atoms with Gasteiger partial charge < -0.3 is 13.7 Å². The Hall–Kier alpha value is -2.21. The zero-order chi connectivity index (χ0) is 17.0. The maximum absolute atomic E-state index is 12.4. The standard InChI is InChI=1S/C17H20O5S/c1-12(2)13-6-5-7-14(10-13)22-23(18,19)15-8-9-16(20-3)17(11-15)21-4/h5-12H,1-4H3. The number of benzene rings is 2. The van der Waals surface area contributed by atoms with Crippen LogP contribution in [0.4, 0.5) is 0 Å². The van der Waals surface area contributed by atoms with E-state index in [1.807, 2.05) is 19.9 Å². The molecular weight excluding hydrogens is 316 g/mol. The Labute approximate surface area is 136 Å². The van der Waals surface area contributed by atoms with Crippen molar-refractivity contribution in [3.8, 4) is 17.2 Å². The molecule has 0 aromatic heterocycles. The van der Waals surface area contributed by atoms with E-state index < -0.39 is 10.1 Å². The monoisotopic (exact) mass is 336 g/mol. The van der Waals surface area contributed by atoms with Gasteiger partial charge in [0.2, 0.25) is 0 Å². The average molecular weight is 336 g/mol. The Morgan fingerprint density at radius 2 is 1.61 bits per heavy atom. The molecule has 2 rings (SSSR count). The van der Waals surface area contributed by atoms with E-state index in [1.165, 1.54) is 32.4 Å². The first kappa shape index (κ1) is 17.1. The maximum atomic E-state index is 12.4. The topological polar surface area (TPSA) is 61.8 Å². The molecule has 0 amide bonds. The Morgan fingerprint density at radius 3 is 2.22 bits per heavy atom. The lowest BCUT2D eigenvalue weighted by Gasteiger charge is -2.12. The second-order valence-electron chi connectivity index (χ2n) is 5.28. The molecule has 124 valence electrons. The van der Waals surface area contributed by atoms with Crippen molar-refractivity contribution in [3.05, 3.63) is 48.0 Å². The van der Waals surface area contributed by atoms with Crippen LogP contribution in [0.1, 0.15) is 25.3 Å². The largest absolute Gasteiger partial charge is 0.493 e. The van der Waals surface area contributed by atoms with Crippen molar-refractivity contribution in [1.82, 2.24) is 0 Å². The predicted octanol–water partition coefficient (Wildman–Crippen LogP) is 3.59. The molecule has 0 aliphatic heterocycles. The van der Waals surface area contributed by atoms with E-state index in [4.69, 9.17) is 13.7 Å². The van der Waals surface area contributed by atoms with Crippen LogP contribution < -0.4 is 13.7 Å². The first-order valence-electron chi connectivity index (χ1n) is 7.14. The summed E-state index contributed by atoms with van der Waals surface area (Å²) in [5.41, 5.74) is 1.00. The van der Waals surface area contributed by atoms with Gasteiger partial charge in [-0.3, -0.25) is 0 Å². The van der Waals surface area contributed by atoms with Gasteiger partial charge in [-0.2, -0.15) is 8.42 Å². The van der Waals surface area contributed by atoms with E-state index in [9.17, 15) is 8.42 Å². The lowest BCUT2D eigenvalue weighted by atomic mass is 10.0. The summed E-state index contributed by atoms with van der Waals surface area (Å²) >= 11 is 0. The van der Waals surface area contributed by atoms with Crippen molar-refractivity contribution in [3.63, 3.8) is 0 Å². The highest BCUT2D eigenvalue weighted by Gasteiger charge is 2.19. The van der Waals surface area contributed by atoms with Crippen LogP contribution in [0.5, 0.6) is 17.2 Å². The van der Waals surface area contributed by atoms with Gasteiger partial charge in [0.15, 0.2) is 11.5 Å². The van der Waals surface area contributed by atoms with Gasteiger partial charge in [0, 0.05) is 6.07 Å². The first-order valence-corrected chi connectivity index (χ1v) is 8.54. The highest BCUT2D eigenvalue weighted by atomic mass is 32.2. The quantitative estimate of drug-likeness (QED) is 0.754. The molecule has 0 aliphatic carbocycles. The van der Waals surface area contributed by atoms with Crippen LogP contribution in [0.25, 0.3) is 0 Å². The van der Waals surface area contributed by atoms with E-state index in [1.54, 1.807) is 18.2 Å². The van der Waals surface area contributed by atoms with Crippen molar-refractivity contribution in [1.29, 1.82) is 0 Å². The van der Waals surface area contributed by atoms with Gasteiger partial charge in [0.05, 0.1) is 14.2 Å². The fraction of sp³-hybridized carbons (Fsp3) is 0.294. The third-order valence-electron chi connectivity index (χ3n) is 3.37. The second kappa shape index (κ2) is 6.91. The van der Waals surface area contributed by atoms with Crippen molar-refractivity contribution in [2.45, 2.75) is 24.7 Å². The van der Waals surface area contributed by atoms with Crippen LogP contribution in [0.2, 0.25) is 0 Å². The summed E-state index contributed by atoms with van der Waals surface area (Å²) in [6, 6.07) is 11.4. The molecule has 0 heterocycles.